The molecule has 53 heavy (non-hydrogen) atoms. The van der Waals surface area contributed by atoms with Crippen molar-refractivity contribution in [1.82, 2.24) is 0 Å². The van der Waals surface area contributed by atoms with Crippen LogP contribution in [0.1, 0.15) is 219 Å². The molecule has 3 N–H and O–H groups in total. The predicted octanol–water partition coefficient (Wildman–Crippen LogP) is 12.6. The number of nitrogens with two attached hydrogens (primary N) is 1. The number of ether oxygens (including phenoxy) is 2. The van der Waals surface area contributed by atoms with E-state index in [2.05, 4.69) is 26.0 Å². The highest BCUT2D eigenvalue weighted by Gasteiger charge is 2.26. The molecule has 0 aromatic rings. The molecular formula is C43H84NO8P. The van der Waals surface area contributed by atoms with Crippen LogP contribution < -0.4 is 5.73 Å². The number of phosphoric ester groups is 1. The standard InChI is InChI=1S/C43H84NO8P/c1-3-5-7-9-11-13-15-16-17-18-19-20-21-22-23-24-26-27-29-31-33-35-42(45)49-39-41(40-51-53(47,48)50-38-37-44)52-43(46)36-34-32-30-28-25-14-12-10-8-6-4-2/h16-17,41H,3-15,18-40,44H2,1-2H3,(H,47,48). The van der Waals surface area contributed by atoms with E-state index in [4.69, 9.17) is 24.3 Å². The molecule has 0 saturated carbocycles. The van der Waals surface area contributed by atoms with Crippen LogP contribution in [0.15, 0.2) is 12.2 Å². The second kappa shape index (κ2) is 40.4. The lowest BCUT2D eigenvalue weighted by atomic mass is 10.0. The number of hydrogen-bond donors (Lipinski definition) is 2. The summed E-state index contributed by atoms with van der Waals surface area (Å²) in [5.41, 5.74) is 5.34. The van der Waals surface area contributed by atoms with E-state index < -0.39 is 26.5 Å². The predicted molar refractivity (Wildman–Crippen MR) is 220 cm³/mol. The zero-order chi connectivity index (χ0) is 38.9. The van der Waals surface area contributed by atoms with Gasteiger partial charge in [-0.25, -0.2) is 4.57 Å². The minimum absolute atomic E-state index is 0.0563. The third-order valence-corrected chi connectivity index (χ3v) is 10.6. The molecule has 0 aliphatic rings. The number of hydrogen-bond acceptors (Lipinski definition) is 8. The topological polar surface area (TPSA) is 134 Å². The highest BCUT2D eigenvalue weighted by Crippen LogP contribution is 2.43. The number of carbonyl (C=O) groups is 2. The minimum atomic E-state index is -4.37. The quantitative estimate of drug-likeness (QED) is 0.0269. The van der Waals surface area contributed by atoms with Crippen LogP contribution in [0, 0.1) is 0 Å². The molecule has 0 fully saturated rings. The van der Waals surface area contributed by atoms with Gasteiger partial charge in [0.1, 0.15) is 6.61 Å². The van der Waals surface area contributed by atoms with E-state index in [9.17, 15) is 19.0 Å². The number of unbranched alkanes of at least 4 members (excludes halogenated alkanes) is 27. The van der Waals surface area contributed by atoms with E-state index in [1.54, 1.807) is 0 Å². The molecule has 0 heterocycles. The summed E-state index contributed by atoms with van der Waals surface area (Å²) in [5, 5.41) is 0. The molecule has 0 spiro atoms. The van der Waals surface area contributed by atoms with E-state index in [-0.39, 0.29) is 38.6 Å². The molecule has 0 rings (SSSR count). The Kier molecular flexibility index (Phi) is 39.5. The SMILES string of the molecule is CCCCCCCCC=CCCCCCCCCCCCCCC(=O)OCC(COP(=O)(O)OCCN)OC(=O)CCCCCCCCCCCCC. The summed E-state index contributed by atoms with van der Waals surface area (Å²) in [4.78, 5) is 34.8. The van der Waals surface area contributed by atoms with Crippen LogP contribution in [0.2, 0.25) is 0 Å². The van der Waals surface area contributed by atoms with Crippen molar-refractivity contribution < 1.29 is 37.6 Å². The van der Waals surface area contributed by atoms with Gasteiger partial charge in [0, 0.05) is 19.4 Å². The summed E-state index contributed by atoms with van der Waals surface area (Å²) in [6.45, 7) is 3.74. The van der Waals surface area contributed by atoms with Gasteiger partial charge in [-0.2, -0.15) is 0 Å². The molecule has 2 unspecified atom stereocenters. The summed E-state index contributed by atoms with van der Waals surface area (Å²) < 4.78 is 32.7. The summed E-state index contributed by atoms with van der Waals surface area (Å²) in [5.74, 6) is -0.820. The summed E-state index contributed by atoms with van der Waals surface area (Å²) >= 11 is 0. The first kappa shape index (κ1) is 51.8. The van der Waals surface area contributed by atoms with E-state index in [1.165, 1.54) is 154 Å². The molecule has 0 amide bonds. The zero-order valence-corrected chi connectivity index (χ0v) is 35.4. The van der Waals surface area contributed by atoms with Crippen molar-refractivity contribution >= 4 is 19.8 Å². The molecule has 10 heteroatoms. The Labute approximate surface area is 326 Å². The molecule has 2 atom stereocenters. The molecule has 0 aromatic carbocycles. The van der Waals surface area contributed by atoms with E-state index in [0.29, 0.717) is 6.42 Å². The molecule has 9 nitrogen and oxygen atoms in total. The largest absolute Gasteiger partial charge is 0.472 e. The monoisotopic (exact) mass is 774 g/mol. The van der Waals surface area contributed by atoms with Gasteiger partial charge in [0.2, 0.25) is 0 Å². The van der Waals surface area contributed by atoms with Crippen molar-refractivity contribution in [2.75, 3.05) is 26.4 Å². The average Bonchev–Trinajstić information content (AvgIpc) is 3.14. The molecule has 0 bridgehead atoms. The van der Waals surface area contributed by atoms with Crippen LogP contribution >= 0.6 is 7.82 Å². The fourth-order valence-corrected chi connectivity index (χ4v) is 7.10. The van der Waals surface area contributed by atoms with Crippen molar-refractivity contribution in [3.63, 3.8) is 0 Å². The van der Waals surface area contributed by atoms with Crippen molar-refractivity contribution in [3.05, 3.63) is 12.2 Å². The number of rotatable bonds is 42. The normalized spacial score (nSPS) is 13.4. The number of esters is 2. The highest BCUT2D eigenvalue weighted by molar-refractivity contribution is 7.47. The fourth-order valence-electron chi connectivity index (χ4n) is 6.34. The van der Waals surface area contributed by atoms with E-state index >= 15 is 0 Å². The smallest absolute Gasteiger partial charge is 0.462 e. The average molecular weight is 774 g/mol. The van der Waals surface area contributed by atoms with Gasteiger partial charge in [0.15, 0.2) is 6.10 Å². The van der Waals surface area contributed by atoms with Gasteiger partial charge in [0.05, 0.1) is 13.2 Å². The lowest BCUT2D eigenvalue weighted by molar-refractivity contribution is -0.161. The van der Waals surface area contributed by atoms with Gasteiger partial charge in [-0.1, -0.05) is 180 Å². The van der Waals surface area contributed by atoms with Gasteiger partial charge in [-0.15, -0.1) is 0 Å². The second-order valence-corrected chi connectivity index (χ2v) is 16.4. The van der Waals surface area contributed by atoms with Crippen molar-refractivity contribution in [3.8, 4) is 0 Å². The van der Waals surface area contributed by atoms with Gasteiger partial charge < -0.3 is 20.1 Å². The first-order chi connectivity index (χ1) is 25.8. The van der Waals surface area contributed by atoms with Crippen LogP contribution in [0.5, 0.6) is 0 Å². The summed E-state index contributed by atoms with van der Waals surface area (Å²) in [6.07, 6.45) is 41.0. The van der Waals surface area contributed by atoms with Gasteiger partial charge >= 0.3 is 19.8 Å². The summed E-state index contributed by atoms with van der Waals surface area (Å²) in [6, 6.07) is 0. The van der Waals surface area contributed by atoms with Gasteiger partial charge in [-0.05, 0) is 38.5 Å². The fraction of sp³-hybridized carbons (Fsp3) is 0.907. The Balaban J connectivity index is 4.03. The zero-order valence-electron chi connectivity index (χ0n) is 34.5. The Hall–Kier alpha value is -1.25. The maximum absolute atomic E-state index is 12.5. The minimum Gasteiger partial charge on any atom is -0.462 e. The maximum atomic E-state index is 12.5. The Morgan fingerprint density at radius 3 is 1.34 bits per heavy atom. The summed E-state index contributed by atoms with van der Waals surface area (Å²) in [7, 11) is -4.37. The molecule has 0 aliphatic heterocycles. The van der Waals surface area contributed by atoms with Crippen LogP contribution in [0.3, 0.4) is 0 Å². The number of carbonyl (C=O) groups excluding carboxylic acids is 2. The van der Waals surface area contributed by atoms with Gasteiger partial charge in [0.25, 0.3) is 0 Å². The second-order valence-electron chi connectivity index (χ2n) is 14.9. The third-order valence-electron chi connectivity index (χ3n) is 9.65. The molecule has 0 aliphatic carbocycles. The van der Waals surface area contributed by atoms with Gasteiger partial charge in [-0.3, -0.25) is 18.6 Å². The number of allylic oxidation sites excluding steroid dienone is 2. The van der Waals surface area contributed by atoms with Crippen LogP contribution in [0.25, 0.3) is 0 Å². The van der Waals surface area contributed by atoms with Crippen molar-refractivity contribution in [1.29, 1.82) is 0 Å². The lowest BCUT2D eigenvalue weighted by Crippen LogP contribution is -2.29. The molecule has 0 saturated heterocycles. The van der Waals surface area contributed by atoms with E-state index in [0.717, 1.165) is 32.1 Å². The molecule has 0 aromatic heterocycles. The number of phosphoric acid groups is 1. The van der Waals surface area contributed by atoms with Crippen molar-refractivity contribution in [2.24, 2.45) is 5.73 Å². The Morgan fingerprint density at radius 1 is 0.547 bits per heavy atom. The van der Waals surface area contributed by atoms with Crippen LogP contribution in [-0.2, 0) is 32.7 Å². The highest BCUT2D eigenvalue weighted by atomic mass is 31.2. The maximum Gasteiger partial charge on any atom is 0.472 e. The van der Waals surface area contributed by atoms with Crippen LogP contribution in [0.4, 0.5) is 0 Å². The first-order valence-electron chi connectivity index (χ1n) is 22.2. The van der Waals surface area contributed by atoms with Crippen LogP contribution in [-0.4, -0.2) is 49.3 Å². The van der Waals surface area contributed by atoms with E-state index in [1.807, 2.05) is 0 Å². The molecule has 0 radical (unpaired) electrons. The Morgan fingerprint density at radius 2 is 0.925 bits per heavy atom. The Bertz CT molecular complexity index is 886. The van der Waals surface area contributed by atoms with Crippen molar-refractivity contribution in [2.45, 2.75) is 225 Å². The third kappa shape index (κ3) is 40.2. The first-order valence-corrected chi connectivity index (χ1v) is 23.7. The molecule has 314 valence electrons. The lowest BCUT2D eigenvalue weighted by Gasteiger charge is -2.19. The molecular weight excluding hydrogens is 689 g/mol.